The molecule has 132 valence electrons. The topological polar surface area (TPSA) is 24.5 Å². The van der Waals surface area contributed by atoms with Gasteiger partial charge in [-0.15, -0.1) is 25.6 Å². The van der Waals surface area contributed by atoms with E-state index in [0.29, 0.717) is 0 Å². The van der Waals surface area contributed by atoms with Crippen LogP contribution in [0.3, 0.4) is 0 Å². The van der Waals surface area contributed by atoms with Crippen molar-refractivity contribution in [2.45, 2.75) is 12.4 Å². The second-order valence-electron chi connectivity index (χ2n) is 5.37. The van der Waals surface area contributed by atoms with Crippen LogP contribution in [0.4, 0.5) is 13.2 Å². The molecule has 1 aliphatic heterocycles. The van der Waals surface area contributed by atoms with Crippen LogP contribution in [0.1, 0.15) is 17.2 Å². The van der Waals surface area contributed by atoms with E-state index in [-0.39, 0.29) is 24.2 Å². The summed E-state index contributed by atoms with van der Waals surface area (Å²) in [5.41, 5.74) is 1.91. The highest BCUT2D eigenvalue weighted by Gasteiger charge is 2.32. The molecule has 0 amide bonds. The average Bonchev–Trinajstić information content (AvgIpc) is 3.01. The summed E-state index contributed by atoms with van der Waals surface area (Å²) in [5.74, 6) is -0.176. The number of rotatable bonds is 4. The van der Waals surface area contributed by atoms with Gasteiger partial charge >= 0.3 is 6.36 Å². The van der Waals surface area contributed by atoms with Crippen molar-refractivity contribution >= 4 is 23.7 Å². The van der Waals surface area contributed by atoms with E-state index >= 15 is 0 Å². The molecule has 1 aliphatic rings. The number of nitrogens with one attached hydrogen (secondary N) is 1. The van der Waals surface area contributed by atoms with Crippen LogP contribution in [0, 0.1) is 0 Å². The molecule has 2 aromatic rings. The fourth-order valence-electron chi connectivity index (χ4n) is 2.87. The van der Waals surface area contributed by atoms with Gasteiger partial charge in [0.25, 0.3) is 0 Å². The van der Waals surface area contributed by atoms with Crippen molar-refractivity contribution in [3.05, 3.63) is 52.2 Å². The van der Waals surface area contributed by atoms with Crippen molar-refractivity contribution in [1.82, 2.24) is 10.2 Å². The summed E-state index contributed by atoms with van der Waals surface area (Å²) >= 11 is 1.59. The predicted molar refractivity (Wildman–Crippen MR) is 91.0 cm³/mol. The Morgan fingerprint density at radius 1 is 1.12 bits per heavy atom. The standard InChI is InChI=1S/C16H17F3N2OS.ClH/c17-16(18,19)22-14-3-1-2-12(10-14)15(13-4-9-23-11-13)21-7-5-20-6-8-21;/h1-4,9-11,15,20H,5-8H2;1H/t15-;/m0./s1. The van der Waals surface area contributed by atoms with Crippen molar-refractivity contribution in [2.75, 3.05) is 26.2 Å². The Morgan fingerprint density at radius 3 is 2.50 bits per heavy atom. The number of benzene rings is 1. The third kappa shape index (κ3) is 4.86. The number of alkyl halides is 3. The first-order chi connectivity index (χ1) is 11.0. The van der Waals surface area contributed by atoms with E-state index in [4.69, 9.17) is 0 Å². The van der Waals surface area contributed by atoms with E-state index < -0.39 is 6.36 Å². The average molecular weight is 379 g/mol. The first-order valence-corrected chi connectivity index (χ1v) is 8.30. The maximum absolute atomic E-state index is 12.5. The van der Waals surface area contributed by atoms with Crippen molar-refractivity contribution < 1.29 is 17.9 Å². The minimum Gasteiger partial charge on any atom is -0.406 e. The van der Waals surface area contributed by atoms with Gasteiger partial charge in [-0.3, -0.25) is 4.90 Å². The predicted octanol–water partition coefficient (Wildman–Crippen LogP) is 4.06. The summed E-state index contributed by atoms with van der Waals surface area (Å²) in [5, 5.41) is 7.33. The van der Waals surface area contributed by atoms with Gasteiger partial charge in [-0.1, -0.05) is 12.1 Å². The lowest BCUT2D eigenvalue weighted by Crippen LogP contribution is -2.45. The zero-order valence-electron chi connectivity index (χ0n) is 12.8. The van der Waals surface area contributed by atoms with Gasteiger partial charge in [0.1, 0.15) is 5.75 Å². The molecule has 1 aromatic carbocycles. The quantitative estimate of drug-likeness (QED) is 0.868. The molecule has 0 saturated carbocycles. The SMILES string of the molecule is Cl.FC(F)(F)Oc1cccc([C@@H](c2ccsc2)N2CCNCC2)c1. The van der Waals surface area contributed by atoms with Gasteiger partial charge in [-0.05, 0) is 40.1 Å². The fraction of sp³-hybridized carbons (Fsp3) is 0.375. The molecule has 0 bridgehead atoms. The molecule has 0 spiro atoms. The number of nitrogens with zero attached hydrogens (tertiary/aromatic N) is 1. The molecule has 0 radical (unpaired) electrons. The van der Waals surface area contributed by atoms with E-state index in [0.717, 1.165) is 37.3 Å². The summed E-state index contributed by atoms with van der Waals surface area (Å²) in [6.07, 6.45) is -4.68. The molecule has 0 aliphatic carbocycles. The summed E-state index contributed by atoms with van der Waals surface area (Å²) < 4.78 is 41.5. The number of hydrogen-bond acceptors (Lipinski definition) is 4. The number of piperazine rings is 1. The van der Waals surface area contributed by atoms with Crippen LogP contribution < -0.4 is 10.1 Å². The molecule has 1 saturated heterocycles. The molecule has 1 fully saturated rings. The number of halogens is 4. The van der Waals surface area contributed by atoms with Gasteiger partial charge in [-0.25, -0.2) is 0 Å². The Labute approximate surface area is 148 Å². The molecular formula is C16H18ClF3N2OS. The second kappa shape index (κ2) is 8.20. The number of ether oxygens (including phenoxy) is 1. The molecule has 2 heterocycles. The van der Waals surface area contributed by atoms with E-state index in [9.17, 15) is 13.2 Å². The first-order valence-electron chi connectivity index (χ1n) is 7.35. The monoisotopic (exact) mass is 378 g/mol. The van der Waals surface area contributed by atoms with Crippen LogP contribution in [0.15, 0.2) is 41.1 Å². The van der Waals surface area contributed by atoms with Crippen molar-refractivity contribution in [3.63, 3.8) is 0 Å². The molecule has 1 N–H and O–H groups in total. The molecule has 1 atom stereocenters. The molecule has 0 unspecified atom stereocenters. The summed E-state index contributed by atoms with van der Waals surface area (Å²) in [6, 6.07) is 8.25. The Balaban J connectivity index is 0.00000208. The van der Waals surface area contributed by atoms with Crippen LogP contribution in [-0.4, -0.2) is 37.4 Å². The fourth-order valence-corrected chi connectivity index (χ4v) is 3.55. The molecule has 3 rings (SSSR count). The van der Waals surface area contributed by atoms with E-state index in [1.54, 1.807) is 17.4 Å². The molecular weight excluding hydrogens is 361 g/mol. The normalized spacial score (nSPS) is 17.1. The van der Waals surface area contributed by atoms with Crippen LogP contribution in [-0.2, 0) is 0 Å². The molecule has 1 aromatic heterocycles. The Morgan fingerprint density at radius 2 is 1.88 bits per heavy atom. The second-order valence-corrected chi connectivity index (χ2v) is 6.15. The first kappa shape index (κ1) is 19.1. The van der Waals surface area contributed by atoms with Crippen LogP contribution in [0.2, 0.25) is 0 Å². The lowest BCUT2D eigenvalue weighted by molar-refractivity contribution is -0.274. The Kier molecular flexibility index (Phi) is 6.51. The largest absolute Gasteiger partial charge is 0.573 e. The van der Waals surface area contributed by atoms with Crippen LogP contribution in [0.25, 0.3) is 0 Å². The third-order valence-electron chi connectivity index (χ3n) is 3.78. The lowest BCUT2D eigenvalue weighted by Gasteiger charge is -2.35. The van der Waals surface area contributed by atoms with Gasteiger partial charge in [0.2, 0.25) is 0 Å². The van der Waals surface area contributed by atoms with Gasteiger partial charge in [0.05, 0.1) is 6.04 Å². The summed E-state index contributed by atoms with van der Waals surface area (Å²) in [6.45, 7) is 3.45. The van der Waals surface area contributed by atoms with Gasteiger partial charge in [0.15, 0.2) is 0 Å². The van der Waals surface area contributed by atoms with E-state index in [1.807, 2.05) is 22.9 Å². The molecule has 8 heteroatoms. The van der Waals surface area contributed by atoms with E-state index in [1.165, 1.54) is 12.1 Å². The maximum Gasteiger partial charge on any atom is 0.573 e. The van der Waals surface area contributed by atoms with Crippen LogP contribution in [0.5, 0.6) is 5.75 Å². The molecule has 3 nitrogen and oxygen atoms in total. The highest BCUT2D eigenvalue weighted by molar-refractivity contribution is 7.08. The van der Waals surface area contributed by atoms with Crippen molar-refractivity contribution in [2.24, 2.45) is 0 Å². The van der Waals surface area contributed by atoms with Crippen molar-refractivity contribution in [1.29, 1.82) is 0 Å². The maximum atomic E-state index is 12.5. The van der Waals surface area contributed by atoms with Gasteiger partial charge in [-0.2, -0.15) is 11.3 Å². The Bertz CT molecular complexity index is 631. The highest BCUT2D eigenvalue weighted by atomic mass is 35.5. The van der Waals surface area contributed by atoms with Gasteiger partial charge < -0.3 is 10.1 Å². The minimum atomic E-state index is -4.68. The summed E-state index contributed by atoms with van der Waals surface area (Å²) in [4.78, 5) is 2.28. The van der Waals surface area contributed by atoms with Crippen LogP contribution >= 0.6 is 23.7 Å². The third-order valence-corrected chi connectivity index (χ3v) is 4.48. The number of hydrogen-bond donors (Lipinski definition) is 1. The highest BCUT2D eigenvalue weighted by Crippen LogP contribution is 2.33. The van der Waals surface area contributed by atoms with E-state index in [2.05, 4.69) is 15.0 Å². The zero-order valence-corrected chi connectivity index (χ0v) is 14.4. The lowest BCUT2D eigenvalue weighted by atomic mass is 9.98. The smallest absolute Gasteiger partial charge is 0.406 e. The Hall–Kier alpha value is -1.28. The van der Waals surface area contributed by atoms with Gasteiger partial charge in [0, 0.05) is 26.2 Å². The number of thiophene rings is 1. The zero-order chi connectivity index (χ0) is 16.3. The van der Waals surface area contributed by atoms with Crippen molar-refractivity contribution in [3.8, 4) is 5.75 Å². The molecule has 24 heavy (non-hydrogen) atoms. The minimum absolute atomic E-state index is 0. The summed E-state index contributed by atoms with van der Waals surface area (Å²) in [7, 11) is 0.